The Labute approximate surface area is 253 Å². The minimum atomic E-state index is 0.0771. The van der Waals surface area contributed by atoms with Crippen LogP contribution in [-0.4, -0.2) is 110 Å². The summed E-state index contributed by atoms with van der Waals surface area (Å²) in [5, 5.41) is 3.29. The Kier molecular flexibility index (Phi) is 32.3. The molecule has 0 fully saturated rings. The molecule has 10 heteroatoms. The lowest BCUT2D eigenvalue weighted by atomic mass is 10.1. The van der Waals surface area contributed by atoms with Crippen LogP contribution in [0.3, 0.4) is 0 Å². The van der Waals surface area contributed by atoms with Crippen LogP contribution in [-0.2, 0) is 42.8 Å². The molecular weight excluding hydrogens is 542 g/mol. The highest BCUT2D eigenvalue weighted by atomic mass is 16.5. The molecule has 0 aliphatic carbocycles. The summed E-state index contributed by atoms with van der Waals surface area (Å²) in [4.78, 5) is 34.2. The van der Waals surface area contributed by atoms with Crippen molar-refractivity contribution in [2.24, 2.45) is 0 Å². The van der Waals surface area contributed by atoms with Crippen molar-refractivity contribution >= 4 is 17.3 Å². The monoisotopic (exact) mass is 599 g/mol. The molecule has 10 nitrogen and oxygen atoms in total. The Morgan fingerprint density at radius 3 is 1.19 bits per heavy atom. The minimum absolute atomic E-state index is 0.0771. The normalized spacial score (nSPS) is 11.0. The maximum absolute atomic E-state index is 12.0. The second kappa shape index (κ2) is 33.7. The molecule has 0 amide bonds. The number of allylic oxidation sites excluding steroid dienone is 2. The van der Waals surface area contributed by atoms with Crippen LogP contribution in [0.15, 0.2) is 25.3 Å². The van der Waals surface area contributed by atoms with Gasteiger partial charge in [0.15, 0.2) is 11.6 Å². The third-order valence-corrected chi connectivity index (χ3v) is 6.08. The number of hydrogen-bond donors (Lipinski definition) is 1. The maximum atomic E-state index is 12.0. The van der Waals surface area contributed by atoms with Crippen molar-refractivity contribution in [1.82, 2.24) is 5.32 Å². The molecule has 244 valence electrons. The summed E-state index contributed by atoms with van der Waals surface area (Å²) in [7, 11) is 0. The summed E-state index contributed by atoms with van der Waals surface area (Å²) in [5.41, 5.74) is 0. The van der Waals surface area contributed by atoms with Crippen LogP contribution in [0.1, 0.15) is 70.6 Å². The van der Waals surface area contributed by atoms with Gasteiger partial charge < -0.3 is 33.7 Å². The molecule has 0 bridgehead atoms. The SMILES string of the molecule is C=CC(=O)CCCCOCCOCCOCCCCC(=O)CCNCCCOCCOCCOCCCCC(=O)C=C. The first kappa shape index (κ1) is 40.2. The fourth-order valence-electron chi connectivity index (χ4n) is 3.60. The Bertz CT molecular complexity index is 672. The number of hydrogen-bond acceptors (Lipinski definition) is 10. The number of nitrogens with one attached hydrogen (secondary N) is 1. The molecule has 1 N–H and O–H groups in total. The molecule has 0 rings (SSSR count). The number of Topliss-reactive ketones (excluding diaryl/α,β-unsaturated/α-hetero) is 1. The standard InChI is InChI=1S/C32H57NO9/c1-3-30(34)12-5-8-18-37-22-26-41-27-24-39-20-10-7-14-32(36)15-17-33-16-11-21-40-25-29-42-28-23-38-19-9-6-13-31(35)4-2/h3-4,33H,1-2,5-29H2. The van der Waals surface area contributed by atoms with Crippen molar-refractivity contribution in [3.63, 3.8) is 0 Å². The summed E-state index contributed by atoms with van der Waals surface area (Å²) in [6.45, 7) is 15.3. The van der Waals surface area contributed by atoms with Crippen LogP contribution >= 0.6 is 0 Å². The molecule has 0 aliphatic heterocycles. The lowest BCUT2D eigenvalue weighted by Gasteiger charge is -2.08. The van der Waals surface area contributed by atoms with Gasteiger partial charge in [-0.3, -0.25) is 14.4 Å². The highest BCUT2D eigenvalue weighted by Crippen LogP contribution is 2.01. The topological polar surface area (TPSA) is 119 Å². The minimum Gasteiger partial charge on any atom is -0.379 e. The molecule has 0 spiro atoms. The quantitative estimate of drug-likeness (QED) is 0.0835. The van der Waals surface area contributed by atoms with Gasteiger partial charge in [0, 0.05) is 58.7 Å². The molecule has 0 aromatic heterocycles. The van der Waals surface area contributed by atoms with E-state index in [0.717, 1.165) is 51.5 Å². The number of carbonyl (C=O) groups excluding carboxylic acids is 3. The number of ether oxygens (including phenoxy) is 6. The van der Waals surface area contributed by atoms with E-state index in [0.29, 0.717) is 112 Å². The van der Waals surface area contributed by atoms with E-state index in [4.69, 9.17) is 28.4 Å². The fourth-order valence-corrected chi connectivity index (χ4v) is 3.60. The van der Waals surface area contributed by atoms with Crippen LogP contribution in [0.25, 0.3) is 0 Å². The van der Waals surface area contributed by atoms with Gasteiger partial charge in [-0.1, -0.05) is 13.2 Å². The Morgan fingerprint density at radius 2 is 0.786 bits per heavy atom. The molecule has 0 unspecified atom stereocenters. The van der Waals surface area contributed by atoms with Crippen LogP contribution < -0.4 is 5.32 Å². The third kappa shape index (κ3) is 32.7. The predicted octanol–water partition coefficient (Wildman–Crippen LogP) is 4.05. The summed E-state index contributed by atoms with van der Waals surface area (Å²) >= 11 is 0. The van der Waals surface area contributed by atoms with Crippen LogP contribution in [0.4, 0.5) is 0 Å². The van der Waals surface area contributed by atoms with Gasteiger partial charge in [-0.15, -0.1) is 0 Å². The van der Waals surface area contributed by atoms with Gasteiger partial charge in [0.2, 0.25) is 0 Å². The van der Waals surface area contributed by atoms with Crippen molar-refractivity contribution < 1.29 is 42.8 Å². The first-order valence-corrected chi connectivity index (χ1v) is 15.6. The molecule has 0 radical (unpaired) electrons. The average molecular weight is 600 g/mol. The first-order chi connectivity index (χ1) is 20.6. The van der Waals surface area contributed by atoms with Gasteiger partial charge in [0.1, 0.15) is 5.78 Å². The summed E-state index contributed by atoms with van der Waals surface area (Å²) < 4.78 is 33.0. The second-order valence-corrected chi connectivity index (χ2v) is 9.78. The van der Waals surface area contributed by atoms with E-state index >= 15 is 0 Å². The number of unbranched alkanes of at least 4 members (excludes halogenated alkanes) is 3. The Balaban J connectivity index is 3.19. The van der Waals surface area contributed by atoms with E-state index < -0.39 is 0 Å². The highest BCUT2D eigenvalue weighted by Gasteiger charge is 2.02. The van der Waals surface area contributed by atoms with E-state index in [9.17, 15) is 14.4 Å². The zero-order valence-corrected chi connectivity index (χ0v) is 25.9. The predicted molar refractivity (Wildman–Crippen MR) is 164 cm³/mol. The smallest absolute Gasteiger partial charge is 0.155 e. The zero-order chi connectivity index (χ0) is 30.8. The van der Waals surface area contributed by atoms with E-state index in [1.807, 2.05) is 0 Å². The molecule has 0 saturated heterocycles. The van der Waals surface area contributed by atoms with Crippen LogP contribution in [0.2, 0.25) is 0 Å². The molecule has 0 heterocycles. The highest BCUT2D eigenvalue weighted by molar-refractivity contribution is 5.89. The van der Waals surface area contributed by atoms with Gasteiger partial charge in [-0.2, -0.15) is 0 Å². The van der Waals surface area contributed by atoms with E-state index in [2.05, 4.69) is 18.5 Å². The molecular formula is C32H57NO9. The van der Waals surface area contributed by atoms with Crippen molar-refractivity contribution in [2.75, 3.05) is 92.4 Å². The lowest BCUT2D eigenvalue weighted by Crippen LogP contribution is -2.21. The van der Waals surface area contributed by atoms with Gasteiger partial charge in [0.25, 0.3) is 0 Å². The van der Waals surface area contributed by atoms with Crippen molar-refractivity contribution in [1.29, 1.82) is 0 Å². The summed E-state index contributed by atoms with van der Waals surface area (Å²) in [6.07, 6.45) is 10.9. The largest absolute Gasteiger partial charge is 0.379 e. The fraction of sp³-hybridized carbons (Fsp3) is 0.781. The molecule has 0 saturated carbocycles. The molecule has 0 aromatic carbocycles. The number of carbonyl (C=O) groups is 3. The summed E-state index contributed by atoms with van der Waals surface area (Å²) in [5.74, 6) is 0.432. The van der Waals surface area contributed by atoms with Crippen molar-refractivity contribution in [2.45, 2.75) is 70.6 Å². The Hall–Kier alpha value is -1.79. The average Bonchev–Trinajstić information content (AvgIpc) is 3.00. The molecule has 0 atom stereocenters. The molecule has 42 heavy (non-hydrogen) atoms. The van der Waals surface area contributed by atoms with Gasteiger partial charge >= 0.3 is 0 Å². The molecule has 0 aliphatic rings. The lowest BCUT2D eigenvalue weighted by molar-refractivity contribution is -0.119. The maximum Gasteiger partial charge on any atom is 0.155 e. The van der Waals surface area contributed by atoms with Crippen LogP contribution in [0, 0.1) is 0 Å². The number of ketones is 3. The second-order valence-electron chi connectivity index (χ2n) is 9.78. The van der Waals surface area contributed by atoms with Crippen molar-refractivity contribution in [3.05, 3.63) is 25.3 Å². The van der Waals surface area contributed by atoms with Crippen molar-refractivity contribution in [3.8, 4) is 0 Å². The van der Waals surface area contributed by atoms with Gasteiger partial charge in [0.05, 0.1) is 52.9 Å². The molecule has 0 aromatic rings. The van der Waals surface area contributed by atoms with Crippen LogP contribution in [0.5, 0.6) is 0 Å². The summed E-state index contributed by atoms with van der Waals surface area (Å²) in [6, 6.07) is 0. The first-order valence-electron chi connectivity index (χ1n) is 15.6. The van der Waals surface area contributed by atoms with Gasteiger partial charge in [-0.05, 0) is 63.6 Å². The van der Waals surface area contributed by atoms with E-state index in [1.54, 1.807) is 0 Å². The van der Waals surface area contributed by atoms with Gasteiger partial charge in [-0.25, -0.2) is 0 Å². The zero-order valence-electron chi connectivity index (χ0n) is 25.9. The number of rotatable bonds is 36. The van der Waals surface area contributed by atoms with E-state index in [1.165, 1.54) is 12.2 Å². The van der Waals surface area contributed by atoms with E-state index in [-0.39, 0.29) is 17.3 Å². The Morgan fingerprint density at radius 1 is 0.429 bits per heavy atom. The third-order valence-electron chi connectivity index (χ3n) is 6.08.